The quantitative estimate of drug-likeness (QED) is 0.525. The number of hydrogen-bond acceptors (Lipinski definition) is 6. The molecule has 1 aliphatic heterocycles. The molecular formula is C26H29N3O4. The van der Waals surface area contributed by atoms with E-state index in [-0.39, 0.29) is 12.7 Å². The molecule has 7 nitrogen and oxygen atoms in total. The zero-order chi connectivity index (χ0) is 22.8. The lowest BCUT2D eigenvalue weighted by Gasteiger charge is -2.22. The Morgan fingerprint density at radius 2 is 1.94 bits per heavy atom. The van der Waals surface area contributed by atoms with Gasteiger partial charge in [0.2, 0.25) is 12.7 Å². The maximum atomic E-state index is 12.6. The van der Waals surface area contributed by atoms with Crippen molar-refractivity contribution in [1.29, 1.82) is 0 Å². The fourth-order valence-electron chi connectivity index (χ4n) is 4.06. The predicted octanol–water partition coefficient (Wildman–Crippen LogP) is 4.36. The van der Waals surface area contributed by atoms with Crippen molar-refractivity contribution >= 4 is 5.91 Å². The average Bonchev–Trinajstić information content (AvgIpc) is 3.29. The topological polar surface area (TPSA) is 76.8 Å². The van der Waals surface area contributed by atoms with Gasteiger partial charge in [0.1, 0.15) is 6.26 Å². The Labute approximate surface area is 193 Å². The first-order valence-electron chi connectivity index (χ1n) is 11.4. The van der Waals surface area contributed by atoms with Crippen molar-refractivity contribution in [3.63, 3.8) is 0 Å². The van der Waals surface area contributed by atoms with Crippen LogP contribution in [0.3, 0.4) is 0 Å². The van der Waals surface area contributed by atoms with Crippen LogP contribution in [0.4, 0.5) is 0 Å². The molecule has 0 saturated heterocycles. The van der Waals surface area contributed by atoms with Gasteiger partial charge >= 0.3 is 0 Å². The summed E-state index contributed by atoms with van der Waals surface area (Å²) in [5.41, 5.74) is 5.10. The van der Waals surface area contributed by atoms with Crippen LogP contribution < -0.4 is 14.8 Å². The molecule has 0 unspecified atom stereocenters. The van der Waals surface area contributed by atoms with Gasteiger partial charge in [-0.05, 0) is 61.4 Å². The van der Waals surface area contributed by atoms with Crippen molar-refractivity contribution in [2.24, 2.45) is 5.92 Å². The number of nitrogens with one attached hydrogen (secondary N) is 1. The standard InChI is InChI=1S/C26H29N3O4/c1-17-3-4-18(2)21(9-17)13-29(12-19-5-6-19)14-25-28-22(15-31-25)26(30)27-11-20-7-8-23-24(10-20)33-16-32-23/h3-4,7-10,15,19H,5-6,11-14,16H2,1-2H3,(H,27,30). The van der Waals surface area contributed by atoms with E-state index in [1.165, 1.54) is 35.8 Å². The number of ether oxygens (including phenoxy) is 2. The van der Waals surface area contributed by atoms with Crippen molar-refractivity contribution < 1.29 is 18.7 Å². The smallest absolute Gasteiger partial charge is 0.273 e. The number of rotatable bonds is 9. The van der Waals surface area contributed by atoms with E-state index in [2.05, 4.69) is 47.2 Å². The number of fused-ring (bicyclic) bond motifs is 1. The van der Waals surface area contributed by atoms with E-state index in [0.717, 1.165) is 30.3 Å². The molecule has 1 aromatic heterocycles. The van der Waals surface area contributed by atoms with E-state index in [4.69, 9.17) is 13.9 Å². The van der Waals surface area contributed by atoms with Crippen LogP contribution in [0, 0.1) is 19.8 Å². The van der Waals surface area contributed by atoms with Gasteiger partial charge in [0, 0.05) is 19.6 Å². The number of oxazole rings is 1. The monoisotopic (exact) mass is 447 g/mol. The molecule has 0 radical (unpaired) electrons. The lowest BCUT2D eigenvalue weighted by atomic mass is 10.1. The Morgan fingerprint density at radius 1 is 1.09 bits per heavy atom. The van der Waals surface area contributed by atoms with Crippen molar-refractivity contribution in [3.05, 3.63) is 76.5 Å². The van der Waals surface area contributed by atoms with Gasteiger partial charge in [-0.25, -0.2) is 4.98 Å². The number of amides is 1. The largest absolute Gasteiger partial charge is 0.454 e. The molecule has 2 aliphatic rings. The summed E-state index contributed by atoms with van der Waals surface area (Å²) in [6.07, 6.45) is 4.00. The second kappa shape index (κ2) is 9.27. The van der Waals surface area contributed by atoms with E-state index in [1.807, 2.05) is 18.2 Å². The summed E-state index contributed by atoms with van der Waals surface area (Å²) in [5.74, 6) is 2.47. The normalized spacial score (nSPS) is 14.6. The summed E-state index contributed by atoms with van der Waals surface area (Å²) in [7, 11) is 0. The van der Waals surface area contributed by atoms with Crippen molar-refractivity contribution in [3.8, 4) is 11.5 Å². The summed E-state index contributed by atoms with van der Waals surface area (Å²) in [5, 5.41) is 2.90. The zero-order valence-electron chi connectivity index (χ0n) is 19.1. The number of aromatic nitrogens is 1. The van der Waals surface area contributed by atoms with Crippen LogP contribution in [-0.2, 0) is 19.6 Å². The molecule has 33 heavy (non-hydrogen) atoms. The number of carbonyl (C=O) groups excluding carboxylic acids is 1. The Kier molecular flexibility index (Phi) is 6.05. The Balaban J connectivity index is 1.20. The second-order valence-electron chi connectivity index (χ2n) is 9.04. The van der Waals surface area contributed by atoms with Crippen LogP contribution in [0.25, 0.3) is 0 Å². The number of hydrogen-bond donors (Lipinski definition) is 1. The minimum Gasteiger partial charge on any atom is -0.454 e. The predicted molar refractivity (Wildman–Crippen MR) is 123 cm³/mol. The molecular weight excluding hydrogens is 418 g/mol. The van der Waals surface area contributed by atoms with Crippen LogP contribution in [0.2, 0.25) is 0 Å². The molecule has 1 fully saturated rings. The van der Waals surface area contributed by atoms with Gasteiger partial charge in [0.15, 0.2) is 17.2 Å². The number of aryl methyl sites for hydroxylation is 2. The Morgan fingerprint density at radius 3 is 2.79 bits per heavy atom. The first kappa shape index (κ1) is 21.5. The van der Waals surface area contributed by atoms with E-state index in [0.29, 0.717) is 30.4 Å². The molecule has 5 rings (SSSR count). The Bertz CT molecular complexity index is 1150. The molecule has 7 heteroatoms. The van der Waals surface area contributed by atoms with Crippen molar-refractivity contribution in [1.82, 2.24) is 15.2 Å². The molecule has 0 bridgehead atoms. The fourth-order valence-corrected chi connectivity index (χ4v) is 4.06. The van der Waals surface area contributed by atoms with E-state index in [9.17, 15) is 4.79 Å². The van der Waals surface area contributed by atoms with Crippen LogP contribution in [0.1, 0.15) is 51.5 Å². The lowest BCUT2D eigenvalue weighted by molar-refractivity contribution is 0.0945. The van der Waals surface area contributed by atoms with Gasteiger partial charge in [-0.15, -0.1) is 0 Å². The first-order valence-corrected chi connectivity index (χ1v) is 11.4. The van der Waals surface area contributed by atoms with Gasteiger partial charge in [0.05, 0.1) is 6.54 Å². The number of carbonyl (C=O) groups is 1. The lowest BCUT2D eigenvalue weighted by Crippen LogP contribution is -2.26. The summed E-state index contributed by atoms with van der Waals surface area (Å²) in [4.78, 5) is 19.4. The molecule has 1 amide bonds. The highest BCUT2D eigenvalue weighted by atomic mass is 16.7. The highest BCUT2D eigenvalue weighted by Crippen LogP contribution is 2.32. The third kappa shape index (κ3) is 5.37. The van der Waals surface area contributed by atoms with Crippen LogP contribution >= 0.6 is 0 Å². The van der Waals surface area contributed by atoms with Crippen LogP contribution in [0.15, 0.2) is 47.1 Å². The van der Waals surface area contributed by atoms with Gasteiger partial charge in [-0.2, -0.15) is 0 Å². The second-order valence-corrected chi connectivity index (χ2v) is 9.04. The number of benzene rings is 2. The number of nitrogens with zero attached hydrogens (tertiary/aromatic N) is 2. The van der Waals surface area contributed by atoms with Gasteiger partial charge in [-0.3, -0.25) is 9.69 Å². The summed E-state index contributed by atoms with van der Waals surface area (Å²) < 4.78 is 16.4. The SMILES string of the molecule is Cc1ccc(C)c(CN(Cc2nc(C(=O)NCc3ccc4c(c3)OCO4)co2)CC2CC2)c1. The minimum atomic E-state index is -0.258. The molecule has 2 heterocycles. The maximum absolute atomic E-state index is 12.6. The maximum Gasteiger partial charge on any atom is 0.273 e. The Hall–Kier alpha value is -3.32. The highest BCUT2D eigenvalue weighted by molar-refractivity contribution is 5.91. The molecule has 172 valence electrons. The first-order chi connectivity index (χ1) is 16.0. The molecule has 0 spiro atoms. The molecule has 1 N–H and O–H groups in total. The minimum absolute atomic E-state index is 0.230. The third-order valence-corrected chi connectivity index (χ3v) is 6.15. The van der Waals surface area contributed by atoms with Gasteiger partial charge in [0.25, 0.3) is 5.91 Å². The van der Waals surface area contributed by atoms with E-state index < -0.39 is 0 Å². The summed E-state index contributed by atoms with van der Waals surface area (Å²) >= 11 is 0. The zero-order valence-corrected chi connectivity index (χ0v) is 19.1. The highest BCUT2D eigenvalue weighted by Gasteiger charge is 2.26. The van der Waals surface area contributed by atoms with Crippen LogP contribution in [0.5, 0.6) is 11.5 Å². The van der Waals surface area contributed by atoms with Gasteiger partial charge in [-0.1, -0.05) is 29.8 Å². The fraction of sp³-hybridized carbons (Fsp3) is 0.385. The van der Waals surface area contributed by atoms with E-state index in [1.54, 1.807) is 0 Å². The summed E-state index contributed by atoms with van der Waals surface area (Å²) in [6.45, 7) is 7.32. The van der Waals surface area contributed by atoms with E-state index >= 15 is 0 Å². The third-order valence-electron chi connectivity index (χ3n) is 6.15. The van der Waals surface area contributed by atoms with Crippen molar-refractivity contribution in [2.45, 2.75) is 46.3 Å². The van der Waals surface area contributed by atoms with Crippen molar-refractivity contribution in [2.75, 3.05) is 13.3 Å². The average molecular weight is 448 g/mol. The molecule has 3 aromatic rings. The molecule has 1 aliphatic carbocycles. The van der Waals surface area contributed by atoms with Gasteiger partial charge < -0.3 is 19.2 Å². The molecule has 2 aromatic carbocycles. The van der Waals surface area contributed by atoms with Crippen LogP contribution in [-0.4, -0.2) is 29.1 Å². The molecule has 1 saturated carbocycles. The molecule has 0 atom stereocenters. The summed E-state index contributed by atoms with van der Waals surface area (Å²) in [6, 6.07) is 12.2.